The van der Waals surface area contributed by atoms with Gasteiger partial charge in [-0.15, -0.1) is 0 Å². The third-order valence-corrected chi connectivity index (χ3v) is 5.30. The van der Waals surface area contributed by atoms with Crippen LogP contribution in [0.15, 0.2) is 57.2 Å². The summed E-state index contributed by atoms with van der Waals surface area (Å²) in [5.74, 6) is -1.04. The number of carboxylic acids is 1. The number of benzene rings is 2. The van der Waals surface area contributed by atoms with Gasteiger partial charge in [-0.1, -0.05) is 23.4 Å². The van der Waals surface area contributed by atoms with Crippen molar-refractivity contribution in [1.82, 2.24) is 0 Å². The number of rotatable bonds is 4. The smallest absolute Gasteiger partial charge is 0.335 e. The van der Waals surface area contributed by atoms with Crippen molar-refractivity contribution >= 4 is 39.2 Å². The van der Waals surface area contributed by atoms with Crippen molar-refractivity contribution in [3.05, 3.63) is 53.1 Å². The molecule has 0 saturated carbocycles. The standard InChI is InChI=1S/C14H11ClO4S2/c1-21(18,19)11-5-3-10(4-6-11)20-13-7-2-9(14(16)17)8-12(13)15/h2-8H,1H3,(H,16,17). The molecule has 21 heavy (non-hydrogen) atoms. The van der Waals surface area contributed by atoms with Crippen molar-refractivity contribution in [2.24, 2.45) is 0 Å². The van der Waals surface area contributed by atoms with Crippen molar-refractivity contribution < 1.29 is 18.3 Å². The molecule has 0 aromatic heterocycles. The molecule has 0 spiro atoms. The lowest BCUT2D eigenvalue weighted by Gasteiger charge is -2.06. The van der Waals surface area contributed by atoms with E-state index in [0.29, 0.717) is 9.92 Å². The fourth-order valence-electron chi connectivity index (χ4n) is 1.60. The van der Waals surface area contributed by atoms with Crippen molar-refractivity contribution in [2.75, 3.05) is 6.26 Å². The highest BCUT2D eigenvalue weighted by Crippen LogP contribution is 2.34. The Balaban J connectivity index is 2.24. The minimum atomic E-state index is -3.22. The second kappa shape index (κ2) is 6.09. The van der Waals surface area contributed by atoms with E-state index >= 15 is 0 Å². The molecule has 0 bridgehead atoms. The van der Waals surface area contributed by atoms with Gasteiger partial charge in [0.2, 0.25) is 0 Å². The van der Waals surface area contributed by atoms with E-state index in [1.807, 2.05) is 0 Å². The molecule has 0 saturated heterocycles. The second-order valence-electron chi connectivity index (χ2n) is 4.30. The fourth-order valence-corrected chi connectivity index (χ4v) is 3.34. The van der Waals surface area contributed by atoms with E-state index in [9.17, 15) is 13.2 Å². The van der Waals surface area contributed by atoms with E-state index in [1.54, 1.807) is 18.2 Å². The molecule has 4 nitrogen and oxygen atoms in total. The van der Waals surface area contributed by atoms with Gasteiger partial charge in [-0.2, -0.15) is 0 Å². The van der Waals surface area contributed by atoms with E-state index in [1.165, 1.54) is 36.0 Å². The Morgan fingerprint density at radius 1 is 1.14 bits per heavy atom. The predicted octanol–water partition coefficient (Wildman–Crippen LogP) is 3.59. The quantitative estimate of drug-likeness (QED) is 0.919. The third-order valence-electron chi connectivity index (χ3n) is 2.66. The number of carboxylic acid groups (broad SMARTS) is 1. The Bertz CT molecular complexity index is 783. The highest BCUT2D eigenvalue weighted by Gasteiger charge is 2.10. The summed E-state index contributed by atoms with van der Waals surface area (Å²) in [6.07, 6.45) is 1.15. The molecular formula is C14H11ClO4S2. The van der Waals surface area contributed by atoms with Gasteiger partial charge in [0.25, 0.3) is 0 Å². The molecule has 2 rings (SSSR count). The fraction of sp³-hybridized carbons (Fsp3) is 0.0714. The Hall–Kier alpha value is -1.50. The van der Waals surface area contributed by atoms with Gasteiger partial charge in [0, 0.05) is 16.0 Å². The number of sulfone groups is 1. The van der Waals surface area contributed by atoms with E-state index < -0.39 is 15.8 Å². The SMILES string of the molecule is CS(=O)(=O)c1ccc(Sc2ccc(C(=O)O)cc2Cl)cc1. The molecule has 0 aliphatic rings. The average molecular weight is 343 g/mol. The van der Waals surface area contributed by atoms with Crippen LogP contribution in [-0.2, 0) is 9.84 Å². The molecule has 0 unspecified atom stereocenters. The first-order chi connectivity index (χ1) is 9.77. The molecule has 2 aromatic rings. The van der Waals surface area contributed by atoms with Crippen LogP contribution in [0.2, 0.25) is 5.02 Å². The van der Waals surface area contributed by atoms with Crippen molar-refractivity contribution in [1.29, 1.82) is 0 Å². The van der Waals surface area contributed by atoms with E-state index in [-0.39, 0.29) is 10.5 Å². The minimum absolute atomic E-state index is 0.122. The Morgan fingerprint density at radius 2 is 1.76 bits per heavy atom. The molecule has 110 valence electrons. The maximum Gasteiger partial charge on any atom is 0.335 e. The Kier molecular flexibility index (Phi) is 4.61. The van der Waals surface area contributed by atoms with Crippen molar-refractivity contribution in [3.8, 4) is 0 Å². The largest absolute Gasteiger partial charge is 0.478 e. The molecule has 0 aliphatic carbocycles. The lowest BCUT2D eigenvalue weighted by Crippen LogP contribution is -1.96. The monoisotopic (exact) mass is 342 g/mol. The molecule has 1 N–H and O–H groups in total. The summed E-state index contributed by atoms with van der Waals surface area (Å²) in [5.41, 5.74) is 0.122. The number of carbonyl (C=O) groups is 1. The number of halogens is 1. The van der Waals surface area contributed by atoms with Crippen molar-refractivity contribution in [3.63, 3.8) is 0 Å². The molecule has 0 aliphatic heterocycles. The molecule has 2 aromatic carbocycles. The average Bonchev–Trinajstić information content (AvgIpc) is 2.40. The zero-order valence-electron chi connectivity index (χ0n) is 10.9. The number of hydrogen-bond acceptors (Lipinski definition) is 4. The third kappa shape index (κ3) is 4.00. The van der Waals surface area contributed by atoms with Crippen LogP contribution >= 0.6 is 23.4 Å². The highest BCUT2D eigenvalue weighted by atomic mass is 35.5. The van der Waals surface area contributed by atoms with Crippen LogP contribution in [0.4, 0.5) is 0 Å². The molecule has 7 heteroatoms. The van der Waals surface area contributed by atoms with Gasteiger partial charge in [-0.05, 0) is 42.5 Å². The lowest BCUT2D eigenvalue weighted by atomic mass is 10.2. The van der Waals surface area contributed by atoms with Gasteiger partial charge in [0.15, 0.2) is 9.84 Å². The lowest BCUT2D eigenvalue weighted by molar-refractivity contribution is 0.0697. The Morgan fingerprint density at radius 3 is 2.24 bits per heavy atom. The predicted molar refractivity (Wildman–Crippen MR) is 82.1 cm³/mol. The van der Waals surface area contributed by atoms with Gasteiger partial charge >= 0.3 is 5.97 Å². The van der Waals surface area contributed by atoms with Crippen LogP contribution in [0.1, 0.15) is 10.4 Å². The van der Waals surface area contributed by atoms with Crippen LogP contribution in [-0.4, -0.2) is 25.7 Å². The maximum atomic E-state index is 11.4. The van der Waals surface area contributed by atoms with E-state index in [0.717, 1.165) is 11.2 Å². The molecular weight excluding hydrogens is 332 g/mol. The van der Waals surface area contributed by atoms with Gasteiger partial charge in [-0.3, -0.25) is 0 Å². The minimum Gasteiger partial charge on any atom is -0.478 e. The summed E-state index contributed by atoms with van der Waals surface area (Å²) in [6.45, 7) is 0. The zero-order chi connectivity index (χ0) is 15.6. The second-order valence-corrected chi connectivity index (χ2v) is 7.83. The van der Waals surface area contributed by atoms with Gasteiger partial charge in [-0.25, -0.2) is 13.2 Å². The summed E-state index contributed by atoms with van der Waals surface area (Å²) in [7, 11) is -3.22. The summed E-state index contributed by atoms with van der Waals surface area (Å²) in [4.78, 5) is 12.6. The molecule has 0 radical (unpaired) electrons. The first-order valence-corrected chi connectivity index (χ1v) is 8.87. The van der Waals surface area contributed by atoms with Crippen LogP contribution in [0.3, 0.4) is 0 Å². The van der Waals surface area contributed by atoms with Crippen LogP contribution in [0.25, 0.3) is 0 Å². The molecule has 0 heterocycles. The van der Waals surface area contributed by atoms with E-state index in [4.69, 9.17) is 16.7 Å². The summed E-state index contributed by atoms with van der Waals surface area (Å²) < 4.78 is 22.7. The van der Waals surface area contributed by atoms with Gasteiger partial charge in [0.1, 0.15) is 0 Å². The molecule has 0 fully saturated rings. The Labute approximate surface area is 131 Å². The van der Waals surface area contributed by atoms with E-state index in [2.05, 4.69) is 0 Å². The summed E-state index contributed by atoms with van der Waals surface area (Å²) >= 11 is 7.38. The van der Waals surface area contributed by atoms with Crippen molar-refractivity contribution in [2.45, 2.75) is 14.7 Å². The van der Waals surface area contributed by atoms with Gasteiger partial charge in [0.05, 0.1) is 15.5 Å². The highest BCUT2D eigenvalue weighted by molar-refractivity contribution is 7.99. The first-order valence-electron chi connectivity index (χ1n) is 5.78. The van der Waals surface area contributed by atoms with Crippen LogP contribution in [0, 0.1) is 0 Å². The van der Waals surface area contributed by atoms with Crippen LogP contribution in [0.5, 0.6) is 0 Å². The normalized spacial score (nSPS) is 11.3. The van der Waals surface area contributed by atoms with Gasteiger partial charge < -0.3 is 5.11 Å². The number of hydrogen-bond donors (Lipinski definition) is 1. The maximum absolute atomic E-state index is 11.4. The number of aromatic carboxylic acids is 1. The molecule has 0 amide bonds. The summed E-state index contributed by atoms with van der Waals surface area (Å²) in [6, 6.07) is 10.9. The molecule has 0 atom stereocenters. The first kappa shape index (κ1) is 15.9. The summed E-state index contributed by atoms with van der Waals surface area (Å²) in [5, 5.41) is 9.21. The van der Waals surface area contributed by atoms with Crippen LogP contribution < -0.4 is 0 Å². The zero-order valence-corrected chi connectivity index (χ0v) is 13.3. The topological polar surface area (TPSA) is 71.4 Å².